The smallest absolute Gasteiger partial charge is 0.148 e. The largest absolute Gasteiger partial charge is 0.482 e. The van der Waals surface area contributed by atoms with Gasteiger partial charge in [-0.2, -0.15) is 0 Å². The van der Waals surface area contributed by atoms with E-state index < -0.39 is 0 Å². The van der Waals surface area contributed by atoms with E-state index in [0.29, 0.717) is 0 Å². The molecule has 2 atom stereocenters. The Morgan fingerprint density at radius 1 is 0.370 bits per heavy atom. The van der Waals surface area contributed by atoms with Gasteiger partial charge in [-0.1, -0.05) is 170 Å². The van der Waals surface area contributed by atoms with E-state index >= 15 is 0 Å². The first-order valence-corrected chi connectivity index (χ1v) is 18.7. The van der Waals surface area contributed by atoms with Gasteiger partial charge in [0.15, 0.2) is 0 Å². The minimum Gasteiger partial charge on any atom is -0.482 e. The fraction of sp³-hybridized carbons (Fsp3) is 0.0385. The van der Waals surface area contributed by atoms with Gasteiger partial charge in [0.05, 0.1) is 11.6 Å². The first-order valence-electron chi connectivity index (χ1n) is 18.7. The Bertz CT molecular complexity index is 2640. The molecule has 1 aliphatic heterocycles. The molecule has 0 amide bonds. The van der Waals surface area contributed by atoms with Gasteiger partial charge in [0, 0.05) is 22.5 Å². The van der Waals surface area contributed by atoms with Crippen LogP contribution >= 0.6 is 0 Å². The SMILES string of the molecule is C1=C(c2ccccc2)C2Oc3c(cccc3N(c3cccc(-c4ccccc4)c3)c3cccc(-c4cccc(-c5ccccc5)c4)c3)C2c2ccccc21. The van der Waals surface area contributed by atoms with E-state index in [1.54, 1.807) is 0 Å². The van der Waals surface area contributed by atoms with Crippen molar-refractivity contribution >= 4 is 28.7 Å². The predicted octanol–water partition coefficient (Wildman–Crippen LogP) is 13.6. The Morgan fingerprint density at radius 2 is 0.833 bits per heavy atom. The van der Waals surface area contributed by atoms with Crippen LogP contribution in [0.1, 0.15) is 28.2 Å². The Kier molecular flexibility index (Phi) is 8.00. The van der Waals surface area contributed by atoms with E-state index in [9.17, 15) is 0 Å². The average molecular weight is 692 g/mol. The van der Waals surface area contributed by atoms with Crippen molar-refractivity contribution in [3.63, 3.8) is 0 Å². The second-order valence-corrected chi connectivity index (χ2v) is 14.1. The molecule has 0 bridgehead atoms. The molecule has 0 radical (unpaired) electrons. The van der Waals surface area contributed by atoms with Gasteiger partial charge in [-0.3, -0.25) is 0 Å². The van der Waals surface area contributed by atoms with Crippen LogP contribution in [0.25, 0.3) is 45.0 Å². The van der Waals surface area contributed by atoms with E-state index in [-0.39, 0.29) is 12.0 Å². The van der Waals surface area contributed by atoms with Gasteiger partial charge in [-0.05, 0) is 92.5 Å². The zero-order valence-electron chi connectivity index (χ0n) is 29.7. The van der Waals surface area contributed by atoms with E-state index in [1.807, 2.05) is 0 Å². The summed E-state index contributed by atoms with van der Waals surface area (Å²) < 4.78 is 7.27. The Hall–Kier alpha value is -6.90. The van der Waals surface area contributed by atoms with E-state index in [2.05, 4.69) is 217 Å². The molecule has 2 heteroatoms. The normalized spacial score (nSPS) is 15.3. The topological polar surface area (TPSA) is 12.5 Å². The summed E-state index contributed by atoms with van der Waals surface area (Å²) >= 11 is 0. The summed E-state index contributed by atoms with van der Waals surface area (Å²) in [6.07, 6.45) is 2.17. The number of nitrogens with zero attached hydrogens (tertiary/aromatic N) is 1. The lowest BCUT2D eigenvalue weighted by molar-refractivity contribution is 0.277. The van der Waals surface area contributed by atoms with Crippen molar-refractivity contribution in [3.05, 3.63) is 229 Å². The van der Waals surface area contributed by atoms with Crippen LogP contribution in [0.3, 0.4) is 0 Å². The van der Waals surface area contributed by atoms with Gasteiger partial charge in [-0.15, -0.1) is 0 Å². The molecule has 256 valence electrons. The molecule has 2 nitrogen and oxygen atoms in total. The zero-order chi connectivity index (χ0) is 35.8. The standard InChI is InChI=1S/C52H37NO/c1-4-16-36(17-5-1)39-23-12-24-40(32-39)42-26-14-28-45(34-42)53(44-27-13-25-41(33-44)37-18-6-2-7-19-37)49-31-15-30-47-50-46-29-11-10-22-43(46)35-48(52(50)54-51(47)49)38-20-8-3-9-21-38/h1-35,50,52H. The zero-order valence-corrected chi connectivity index (χ0v) is 29.7. The number of hydrogen-bond acceptors (Lipinski definition) is 2. The average Bonchev–Trinajstić information content (AvgIpc) is 3.66. The molecule has 2 aliphatic rings. The molecule has 1 heterocycles. The fourth-order valence-corrected chi connectivity index (χ4v) is 8.29. The molecule has 1 aliphatic carbocycles. The summed E-state index contributed by atoms with van der Waals surface area (Å²) in [5.41, 5.74) is 16.4. The number of benzene rings is 8. The molecule has 0 aromatic heterocycles. The van der Waals surface area contributed by atoms with Crippen LogP contribution in [0.15, 0.2) is 206 Å². The number of para-hydroxylation sites is 1. The molecule has 0 saturated heterocycles. The molecule has 0 N–H and O–H groups in total. The molecule has 54 heavy (non-hydrogen) atoms. The van der Waals surface area contributed by atoms with Crippen LogP contribution in [0.2, 0.25) is 0 Å². The fourth-order valence-electron chi connectivity index (χ4n) is 8.29. The lowest BCUT2D eigenvalue weighted by atomic mass is 9.76. The molecular weight excluding hydrogens is 655 g/mol. The van der Waals surface area contributed by atoms with Crippen molar-refractivity contribution in [3.8, 4) is 39.1 Å². The highest BCUT2D eigenvalue weighted by Gasteiger charge is 2.43. The van der Waals surface area contributed by atoms with Crippen molar-refractivity contribution in [2.75, 3.05) is 4.90 Å². The highest BCUT2D eigenvalue weighted by molar-refractivity contribution is 5.92. The number of fused-ring (bicyclic) bond motifs is 5. The van der Waals surface area contributed by atoms with Crippen LogP contribution < -0.4 is 9.64 Å². The summed E-state index contributed by atoms with van der Waals surface area (Å²) in [6.45, 7) is 0. The van der Waals surface area contributed by atoms with Gasteiger partial charge in [0.25, 0.3) is 0 Å². The van der Waals surface area contributed by atoms with Gasteiger partial charge in [0.2, 0.25) is 0 Å². The summed E-state index contributed by atoms with van der Waals surface area (Å²) in [6, 6.07) is 74.0. The number of ether oxygens (including phenoxy) is 1. The van der Waals surface area contributed by atoms with Crippen LogP contribution in [0.5, 0.6) is 5.75 Å². The third kappa shape index (κ3) is 5.70. The molecule has 10 rings (SSSR count). The number of anilines is 3. The van der Waals surface area contributed by atoms with Crippen molar-refractivity contribution in [1.29, 1.82) is 0 Å². The molecule has 0 fully saturated rings. The van der Waals surface area contributed by atoms with E-state index in [0.717, 1.165) is 33.9 Å². The summed E-state index contributed by atoms with van der Waals surface area (Å²) in [4.78, 5) is 2.38. The second kappa shape index (κ2) is 13.6. The lowest BCUT2D eigenvalue weighted by Gasteiger charge is -2.29. The van der Waals surface area contributed by atoms with E-state index in [4.69, 9.17) is 4.74 Å². The monoisotopic (exact) mass is 691 g/mol. The third-order valence-corrected chi connectivity index (χ3v) is 10.8. The number of hydrogen-bond donors (Lipinski definition) is 0. The quantitative estimate of drug-likeness (QED) is 0.165. The second-order valence-electron chi connectivity index (χ2n) is 14.1. The van der Waals surface area contributed by atoms with Crippen LogP contribution in [0, 0.1) is 0 Å². The van der Waals surface area contributed by atoms with Crippen molar-refractivity contribution in [1.82, 2.24) is 0 Å². The summed E-state index contributed by atoms with van der Waals surface area (Å²) in [5, 5.41) is 0. The maximum absolute atomic E-state index is 7.27. The van der Waals surface area contributed by atoms with E-state index in [1.165, 1.54) is 50.1 Å². The van der Waals surface area contributed by atoms with Crippen molar-refractivity contribution in [2.45, 2.75) is 12.0 Å². The summed E-state index contributed by atoms with van der Waals surface area (Å²) in [7, 11) is 0. The first kappa shape index (κ1) is 31.8. The minimum atomic E-state index is -0.150. The molecule has 2 unspecified atom stereocenters. The Balaban J connectivity index is 1.14. The Morgan fingerprint density at radius 3 is 1.48 bits per heavy atom. The third-order valence-electron chi connectivity index (χ3n) is 10.8. The Labute approximate surface area is 316 Å². The predicted molar refractivity (Wildman–Crippen MR) is 224 cm³/mol. The van der Waals surface area contributed by atoms with Gasteiger partial charge in [0.1, 0.15) is 11.9 Å². The maximum atomic E-state index is 7.27. The molecule has 0 spiro atoms. The summed E-state index contributed by atoms with van der Waals surface area (Å²) in [5.74, 6) is 0.994. The van der Waals surface area contributed by atoms with Crippen molar-refractivity contribution < 1.29 is 4.74 Å². The van der Waals surface area contributed by atoms with Crippen LogP contribution in [-0.2, 0) is 0 Å². The minimum absolute atomic E-state index is 0.0703. The lowest BCUT2D eigenvalue weighted by Crippen LogP contribution is -2.25. The van der Waals surface area contributed by atoms with Crippen LogP contribution in [0.4, 0.5) is 17.1 Å². The highest BCUT2D eigenvalue weighted by atomic mass is 16.5. The molecule has 0 saturated carbocycles. The van der Waals surface area contributed by atoms with Gasteiger partial charge in [-0.25, -0.2) is 0 Å². The molecule has 8 aromatic carbocycles. The molecular formula is C52H37NO. The molecule has 8 aromatic rings. The number of rotatable bonds is 7. The van der Waals surface area contributed by atoms with Crippen LogP contribution in [-0.4, -0.2) is 6.10 Å². The van der Waals surface area contributed by atoms with Gasteiger partial charge < -0.3 is 9.64 Å². The van der Waals surface area contributed by atoms with Gasteiger partial charge >= 0.3 is 0 Å². The first-order chi connectivity index (χ1) is 26.8. The van der Waals surface area contributed by atoms with Crippen molar-refractivity contribution in [2.24, 2.45) is 0 Å². The maximum Gasteiger partial charge on any atom is 0.148 e. The highest BCUT2D eigenvalue weighted by Crippen LogP contribution is 2.55.